The molecule has 1 aromatic heterocycles. The quantitative estimate of drug-likeness (QED) is 0.592. The van der Waals surface area contributed by atoms with Crippen LogP contribution in [0.3, 0.4) is 0 Å². The number of carbonyl (C=O) groups is 2. The summed E-state index contributed by atoms with van der Waals surface area (Å²) in [6.07, 6.45) is 3.90. The molecule has 1 amide bonds. The molecule has 3 N–H and O–H groups in total. The molecule has 0 saturated carbocycles. The van der Waals surface area contributed by atoms with Gasteiger partial charge in [0.05, 0.1) is 6.33 Å². The molecule has 1 aromatic rings. The van der Waals surface area contributed by atoms with Gasteiger partial charge >= 0.3 is 5.97 Å². The Morgan fingerprint density at radius 3 is 2.89 bits per heavy atom. The third-order valence-electron chi connectivity index (χ3n) is 2.38. The van der Waals surface area contributed by atoms with Crippen molar-refractivity contribution in [3.05, 3.63) is 17.7 Å². The van der Waals surface area contributed by atoms with Gasteiger partial charge in [0.25, 0.3) is 5.91 Å². The maximum atomic E-state index is 11.6. The number of ether oxygens (including phenoxy) is 1. The highest BCUT2D eigenvalue weighted by Gasteiger charge is 2.18. The van der Waals surface area contributed by atoms with Crippen molar-refractivity contribution in [1.82, 2.24) is 15.3 Å². The number of carboxylic acids is 1. The van der Waals surface area contributed by atoms with Crippen LogP contribution >= 0.6 is 0 Å². The summed E-state index contributed by atoms with van der Waals surface area (Å²) >= 11 is 0. The first-order valence-corrected chi connectivity index (χ1v) is 5.70. The van der Waals surface area contributed by atoms with Gasteiger partial charge < -0.3 is 20.1 Å². The number of aromatic carboxylic acids is 1. The predicted molar refractivity (Wildman–Crippen MR) is 63.6 cm³/mol. The van der Waals surface area contributed by atoms with Gasteiger partial charge in [0, 0.05) is 20.3 Å². The molecule has 0 saturated heterocycles. The first-order chi connectivity index (χ1) is 8.66. The summed E-state index contributed by atoms with van der Waals surface area (Å²) in [5.41, 5.74) is -0.272. The predicted octanol–water partition coefficient (Wildman–Crippen LogP) is 0.654. The molecule has 0 atom stereocenters. The molecule has 0 aliphatic rings. The molecule has 0 aromatic carbocycles. The van der Waals surface area contributed by atoms with Crippen molar-refractivity contribution in [2.45, 2.75) is 19.3 Å². The van der Waals surface area contributed by atoms with Gasteiger partial charge in [-0.3, -0.25) is 4.79 Å². The number of nitrogens with zero attached hydrogens (tertiary/aromatic N) is 1. The molecule has 7 nitrogen and oxygen atoms in total. The second-order valence-corrected chi connectivity index (χ2v) is 3.74. The molecule has 0 aliphatic heterocycles. The van der Waals surface area contributed by atoms with E-state index in [1.54, 1.807) is 7.11 Å². The minimum absolute atomic E-state index is 0.0839. The van der Waals surface area contributed by atoms with E-state index in [1.165, 1.54) is 6.33 Å². The third-order valence-corrected chi connectivity index (χ3v) is 2.38. The highest BCUT2D eigenvalue weighted by atomic mass is 16.5. The Balaban J connectivity index is 2.32. The number of methoxy groups -OCH3 is 1. The number of aromatic amines is 1. The molecular formula is C11H17N3O4. The summed E-state index contributed by atoms with van der Waals surface area (Å²) in [7, 11) is 1.65. The van der Waals surface area contributed by atoms with Crippen LogP contribution in [0.25, 0.3) is 0 Å². The second kappa shape index (κ2) is 7.44. The van der Waals surface area contributed by atoms with Gasteiger partial charge in [-0.05, 0) is 19.3 Å². The van der Waals surface area contributed by atoms with Crippen LogP contribution in [0.15, 0.2) is 6.33 Å². The topological polar surface area (TPSA) is 104 Å². The average molecular weight is 255 g/mol. The van der Waals surface area contributed by atoms with E-state index in [0.29, 0.717) is 13.2 Å². The van der Waals surface area contributed by atoms with E-state index in [-0.39, 0.29) is 11.4 Å². The molecule has 0 spiro atoms. The van der Waals surface area contributed by atoms with E-state index in [9.17, 15) is 9.59 Å². The van der Waals surface area contributed by atoms with Crippen molar-refractivity contribution in [1.29, 1.82) is 0 Å². The van der Waals surface area contributed by atoms with Crippen molar-refractivity contribution >= 4 is 11.9 Å². The fourth-order valence-electron chi connectivity index (χ4n) is 1.46. The molecule has 1 rings (SSSR count). The van der Waals surface area contributed by atoms with Crippen LogP contribution in [-0.2, 0) is 4.74 Å². The zero-order chi connectivity index (χ0) is 13.4. The number of aromatic nitrogens is 2. The van der Waals surface area contributed by atoms with Crippen molar-refractivity contribution in [3.63, 3.8) is 0 Å². The van der Waals surface area contributed by atoms with Crippen LogP contribution in [0.5, 0.6) is 0 Å². The van der Waals surface area contributed by atoms with E-state index in [0.717, 1.165) is 19.3 Å². The highest BCUT2D eigenvalue weighted by molar-refractivity contribution is 6.02. The van der Waals surface area contributed by atoms with Gasteiger partial charge in [-0.1, -0.05) is 0 Å². The minimum atomic E-state index is -1.20. The molecule has 1 heterocycles. The normalized spacial score (nSPS) is 10.3. The van der Waals surface area contributed by atoms with Gasteiger partial charge in [0.15, 0.2) is 11.4 Å². The largest absolute Gasteiger partial charge is 0.477 e. The summed E-state index contributed by atoms with van der Waals surface area (Å²) < 4.78 is 4.90. The maximum absolute atomic E-state index is 11.6. The second-order valence-electron chi connectivity index (χ2n) is 3.74. The zero-order valence-electron chi connectivity index (χ0n) is 10.2. The highest BCUT2D eigenvalue weighted by Crippen LogP contribution is 2.02. The summed E-state index contributed by atoms with van der Waals surface area (Å²) in [4.78, 5) is 28.5. The third kappa shape index (κ3) is 4.17. The van der Waals surface area contributed by atoms with Gasteiger partial charge in [0.2, 0.25) is 0 Å². The van der Waals surface area contributed by atoms with E-state index >= 15 is 0 Å². The van der Waals surface area contributed by atoms with Crippen LogP contribution in [0, 0.1) is 0 Å². The molecule has 18 heavy (non-hydrogen) atoms. The monoisotopic (exact) mass is 255 g/mol. The lowest BCUT2D eigenvalue weighted by Crippen LogP contribution is -2.26. The van der Waals surface area contributed by atoms with Crippen LogP contribution in [0.4, 0.5) is 0 Å². The number of imidazole rings is 1. The smallest absolute Gasteiger partial charge is 0.354 e. The molecule has 0 bridgehead atoms. The fraction of sp³-hybridized carbons (Fsp3) is 0.545. The molecule has 0 fully saturated rings. The van der Waals surface area contributed by atoms with Gasteiger partial charge in [-0.25, -0.2) is 9.78 Å². The van der Waals surface area contributed by atoms with Crippen molar-refractivity contribution in [2.24, 2.45) is 0 Å². The van der Waals surface area contributed by atoms with E-state index in [4.69, 9.17) is 9.84 Å². The van der Waals surface area contributed by atoms with Crippen LogP contribution in [-0.4, -0.2) is 47.2 Å². The molecule has 100 valence electrons. The molecular weight excluding hydrogens is 238 g/mol. The van der Waals surface area contributed by atoms with E-state index in [2.05, 4.69) is 15.3 Å². The van der Waals surface area contributed by atoms with Crippen LogP contribution in [0.1, 0.15) is 40.2 Å². The Labute approximate surface area is 105 Å². The van der Waals surface area contributed by atoms with Crippen molar-refractivity contribution in [2.75, 3.05) is 20.3 Å². The van der Waals surface area contributed by atoms with E-state index < -0.39 is 11.9 Å². The number of hydrogen-bond donors (Lipinski definition) is 3. The number of rotatable bonds is 8. The molecule has 7 heteroatoms. The lowest BCUT2D eigenvalue weighted by Gasteiger charge is -2.03. The molecule has 0 aliphatic carbocycles. The Morgan fingerprint density at radius 2 is 2.22 bits per heavy atom. The number of carbonyl (C=O) groups excluding carboxylic acids is 1. The summed E-state index contributed by atoms with van der Waals surface area (Å²) in [5, 5.41) is 11.4. The first kappa shape index (κ1) is 14.2. The van der Waals surface area contributed by atoms with Crippen molar-refractivity contribution in [3.8, 4) is 0 Å². The van der Waals surface area contributed by atoms with Crippen molar-refractivity contribution < 1.29 is 19.4 Å². The standard InChI is InChI=1S/C11H17N3O4/c1-18-6-4-2-3-5-12-10(15)8-9(11(16)17)14-7-13-8/h7H,2-6H2,1H3,(H,12,15)(H,13,14)(H,16,17). The Bertz CT molecular complexity index is 403. The Kier molecular flexibility index (Phi) is 5.86. The SMILES string of the molecule is COCCCCCNC(=O)c1nc[nH]c1C(=O)O. The lowest BCUT2D eigenvalue weighted by atomic mass is 10.2. The summed E-state index contributed by atoms with van der Waals surface area (Å²) in [6, 6.07) is 0. The zero-order valence-corrected chi connectivity index (χ0v) is 10.2. The van der Waals surface area contributed by atoms with Gasteiger partial charge in [-0.15, -0.1) is 0 Å². The summed E-state index contributed by atoms with van der Waals surface area (Å²) in [5.74, 6) is -1.67. The number of nitrogens with one attached hydrogen (secondary N) is 2. The number of carboxylic acid groups (broad SMARTS) is 1. The number of H-pyrrole nitrogens is 1. The maximum Gasteiger partial charge on any atom is 0.354 e. The van der Waals surface area contributed by atoms with Crippen LogP contribution < -0.4 is 5.32 Å². The summed E-state index contributed by atoms with van der Waals surface area (Å²) in [6.45, 7) is 1.20. The number of amides is 1. The minimum Gasteiger partial charge on any atom is -0.477 e. The van der Waals surface area contributed by atoms with Crippen LogP contribution in [0.2, 0.25) is 0 Å². The lowest BCUT2D eigenvalue weighted by molar-refractivity contribution is 0.0685. The Morgan fingerprint density at radius 1 is 1.44 bits per heavy atom. The number of unbranched alkanes of at least 4 members (excludes halogenated alkanes) is 2. The first-order valence-electron chi connectivity index (χ1n) is 5.70. The average Bonchev–Trinajstić information content (AvgIpc) is 2.82. The molecule has 0 radical (unpaired) electrons. The number of hydrogen-bond acceptors (Lipinski definition) is 4. The van der Waals surface area contributed by atoms with Gasteiger partial charge in [0.1, 0.15) is 0 Å². The Hall–Kier alpha value is -1.89. The van der Waals surface area contributed by atoms with Gasteiger partial charge in [-0.2, -0.15) is 0 Å². The fourth-order valence-corrected chi connectivity index (χ4v) is 1.46. The van der Waals surface area contributed by atoms with E-state index in [1.807, 2.05) is 0 Å². The molecule has 0 unspecified atom stereocenters.